The molecular formula is C17H9Cl2FN4S. The zero-order chi connectivity index (χ0) is 17.8. The number of hydrogen-bond acceptors (Lipinski definition) is 5. The normalized spacial score (nSPS) is 11.2. The van der Waals surface area contributed by atoms with E-state index in [-0.39, 0.29) is 11.5 Å². The summed E-state index contributed by atoms with van der Waals surface area (Å²) in [5.41, 5.74) is 4.83. The molecule has 1 heterocycles. The van der Waals surface area contributed by atoms with E-state index >= 15 is 0 Å². The lowest BCUT2D eigenvalue weighted by atomic mass is 10.2. The topological polar surface area (TPSA) is 61.1 Å². The molecule has 0 fully saturated rings. The van der Waals surface area contributed by atoms with Crippen LogP contribution in [0.15, 0.2) is 52.9 Å². The first-order valence-corrected chi connectivity index (χ1v) is 8.60. The molecule has 0 aliphatic rings. The van der Waals surface area contributed by atoms with Gasteiger partial charge in [0, 0.05) is 21.0 Å². The van der Waals surface area contributed by atoms with Crippen molar-refractivity contribution in [2.45, 2.75) is 0 Å². The second-order valence-electron chi connectivity index (χ2n) is 4.89. The Morgan fingerprint density at radius 1 is 1.16 bits per heavy atom. The number of thiazole rings is 1. The van der Waals surface area contributed by atoms with Crippen LogP contribution in [0.25, 0.3) is 11.3 Å². The molecular weight excluding hydrogens is 382 g/mol. The van der Waals surface area contributed by atoms with Gasteiger partial charge in [-0.25, -0.2) is 9.37 Å². The average Bonchev–Trinajstić information content (AvgIpc) is 3.05. The lowest BCUT2D eigenvalue weighted by Gasteiger charge is -2.02. The van der Waals surface area contributed by atoms with Crippen LogP contribution < -0.4 is 5.43 Å². The van der Waals surface area contributed by atoms with Crippen LogP contribution in [-0.4, -0.2) is 10.7 Å². The molecule has 0 atom stereocenters. The van der Waals surface area contributed by atoms with Crippen LogP contribution >= 0.6 is 34.5 Å². The molecule has 0 unspecified atom stereocenters. The number of nitrogens with one attached hydrogen (secondary N) is 1. The minimum Gasteiger partial charge on any atom is -0.277 e. The summed E-state index contributed by atoms with van der Waals surface area (Å²) in [6, 6.07) is 12.8. The first-order valence-electron chi connectivity index (χ1n) is 6.97. The Balaban J connectivity index is 1.84. The highest BCUT2D eigenvalue weighted by Gasteiger charge is 2.11. The molecule has 0 saturated carbocycles. The molecule has 1 aromatic heterocycles. The first kappa shape index (κ1) is 17.4. The second kappa shape index (κ2) is 7.62. The molecule has 0 radical (unpaired) electrons. The summed E-state index contributed by atoms with van der Waals surface area (Å²) in [7, 11) is 0. The molecule has 0 amide bonds. The minimum absolute atomic E-state index is 0.120. The number of rotatable bonds is 4. The summed E-state index contributed by atoms with van der Waals surface area (Å²) in [5.74, 6) is -0.317. The lowest BCUT2D eigenvalue weighted by Crippen LogP contribution is -2.01. The third-order valence-corrected chi connectivity index (χ3v) is 4.40. The number of hydrogen-bond donors (Lipinski definition) is 1. The van der Waals surface area contributed by atoms with Crippen molar-refractivity contribution in [3.05, 3.63) is 68.7 Å². The van der Waals surface area contributed by atoms with Gasteiger partial charge in [-0.1, -0.05) is 23.2 Å². The fraction of sp³-hybridized carbons (Fsp3) is 0. The predicted molar refractivity (Wildman–Crippen MR) is 99.7 cm³/mol. The maximum absolute atomic E-state index is 13.0. The van der Waals surface area contributed by atoms with E-state index in [9.17, 15) is 9.65 Å². The lowest BCUT2D eigenvalue weighted by molar-refractivity contribution is 0.628. The Morgan fingerprint density at radius 3 is 2.48 bits per heavy atom. The van der Waals surface area contributed by atoms with E-state index in [0.717, 1.165) is 5.56 Å². The van der Waals surface area contributed by atoms with E-state index in [1.54, 1.807) is 35.7 Å². The van der Waals surface area contributed by atoms with Crippen molar-refractivity contribution in [3.8, 4) is 17.3 Å². The van der Waals surface area contributed by atoms with E-state index in [2.05, 4.69) is 15.5 Å². The number of aromatic nitrogens is 1. The van der Waals surface area contributed by atoms with Crippen LogP contribution in [0.2, 0.25) is 10.0 Å². The van der Waals surface area contributed by atoms with Gasteiger partial charge in [0.1, 0.15) is 11.9 Å². The number of anilines is 1. The summed E-state index contributed by atoms with van der Waals surface area (Å²) in [6.07, 6.45) is 0. The van der Waals surface area contributed by atoms with Gasteiger partial charge in [0.15, 0.2) is 10.7 Å². The summed E-state index contributed by atoms with van der Waals surface area (Å²) in [6.45, 7) is 0. The van der Waals surface area contributed by atoms with Crippen LogP contribution in [0.5, 0.6) is 0 Å². The van der Waals surface area contributed by atoms with Crippen molar-refractivity contribution >= 4 is 45.9 Å². The van der Waals surface area contributed by atoms with Gasteiger partial charge < -0.3 is 0 Å². The van der Waals surface area contributed by atoms with Crippen molar-refractivity contribution in [1.29, 1.82) is 5.26 Å². The Kier molecular flexibility index (Phi) is 5.29. The first-order chi connectivity index (χ1) is 12.0. The molecule has 1 N–H and O–H groups in total. The number of hydrazone groups is 1. The molecule has 3 rings (SSSR count). The number of halogens is 3. The van der Waals surface area contributed by atoms with Crippen LogP contribution in [-0.2, 0) is 0 Å². The van der Waals surface area contributed by atoms with Gasteiger partial charge in [0.05, 0.1) is 11.4 Å². The van der Waals surface area contributed by atoms with E-state index in [1.165, 1.54) is 23.5 Å². The SMILES string of the molecule is N#C/C(=N/Nc1cc(Cl)cc(Cl)c1)c1nc(-c2ccc(F)cc2)cs1. The average molecular weight is 391 g/mol. The zero-order valence-corrected chi connectivity index (χ0v) is 14.8. The Hall–Kier alpha value is -2.46. The molecule has 2 aromatic carbocycles. The largest absolute Gasteiger partial charge is 0.277 e. The summed E-state index contributed by atoms with van der Waals surface area (Å²) < 4.78 is 13.0. The second-order valence-corrected chi connectivity index (χ2v) is 6.62. The molecule has 0 aliphatic heterocycles. The Morgan fingerprint density at radius 2 is 1.84 bits per heavy atom. The van der Waals surface area contributed by atoms with Crippen molar-refractivity contribution < 1.29 is 4.39 Å². The van der Waals surface area contributed by atoms with Crippen LogP contribution in [0.1, 0.15) is 5.01 Å². The predicted octanol–water partition coefficient (Wildman–Crippen LogP) is 5.60. The molecule has 3 aromatic rings. The summed E-state index contributed by atoms with van der Waals surface area (Å²) in [5, 5.41) is 16.5. The maximum atomic E-state index is 13.0. The highest BCUT2D eigenvalue weighted by molar-refractivity contribution is 7.12. The van der Waals surface area contributed by atoms with Crippen LogP contribution in [0.3, 0.4) is 0 Å². The quantitative estimate of drug-likeness (QED) is 0.466. The zero-order valence-electron chi connectivity index (χ0n) is 12.5. The maximum Gasteiger partial charge on any atom is 0.196 e. The van der Waals surface area contributed by atoms with Crippen LogP contribution in [0.4, 0.5) is 10.1 Å². The fourth-order valence-electron chi connectivity index (χ4n) is 2.00. The molecule has 4 nitrogen and oxygen atoms in total. The van der Waals surface area contributed by atoms with Gasteiger partial charge in [0.25, 0.3) is 0 Å². The highest BCUT2D eigenvalue weighted by atomic mass is 35.5. The highest BCUT2D eigenvalue weighted by Crippen LogP contribution is 2.24. The van der Waals surface area contributed by atoms with E-state index in [1.807, 2.05) is 6.07 Å². The summed E-state index contributed by atoms with van der Waals surface area (Å²) >= 11 is 13.1. The molecule has 0 spiro atoms. The van der Waals surface area contributed by atoms with Crippen LogP contribution in [0, 0.1) is 17.1 Å². The van der Waals surface area contributed by atoms with Gasteiger partial charge in [-0.15, -0.1) is 11.3 Å². The van der Waals surface area contributed by atoms with Gasteiger partial charge in [0.2, 0.25) is 0 Å². The fourth-order valence-corrected chi connectivity index (χ4v) is 3.29. The molecule has 8 heteroatoms. The minimum atomic E-state index is -0.317. The van der Waals surface area contributed by atoms with Crippen molar-refractivity contribution in [2.75, 3.05) is 5.43 Å². The standard InChI is InChI=1S/C17H9Cl2FN4S/c18-11-5-12(19)7-14(6-11)23-24-15(8-21)17-22-16(9-25-17)10-1-3-13(20)4-2-10/h1-7,9,23H/b24-15-. The smallest absolute Gasteiger partial charge is 0.196 e. The Labute approximate surface area is 157 Å². The third-order valence-electron chi connectivity index (χ3n) is 3.11. The van der Waals surface area contributed by atoms with E-state index in [4.69, 9.17) is 23.2 Å². The number of nitriles is 1. The van der Waals surface area contributed by atoms with Gasteiger partial charge in [-0.2, -0.15) is 10.4 Å². The number of nitrogens with zero attached hydrogens (tertiary/aromatic N) is 3. The third kappa shape index (κ3) is 4.34. The molecule has 0 saturated heterocycles. The van der Waals surface area contributed by atoms with Crippen molar-refractivity contribution in [1.82, 2.24) is 4.98 Å². The molecule has 124 valence electrons. The molecule has 0 bridgehead atoms. The van der Waals surface area contributed by atoms with Crippen molar-refractivity contribution in [2.24, 2.45) is 5.10 Å². The molecule has 25 heavy (non-hydrogen) atoms. The van der Waals surface area contributed by atoms with E-state index in [0.29, 0.717) is 26.4 Å². The molecule has 0 aliphatic carbocycles. The van der Waals surface area contributed by atoms with E-state index < -0.39 is 0 Å². The van der Waals surface area contributed by atoms with Crippen molar-refractivity contribution in [3.63, 3.8) is 0 Å². The van der Waals surface area contributed by atoms with Gasteiger partial charge in [-0.05, 0) is 42.5 Å². The van der Waals surface area contributed by atoms with Gasteiger partial charge >= 0.3 is 0 Å². The number of benzene rings is 2. The monoisotopic (exact) mass is 390 g/mol. The summed E-state index contributed by atoms with van der Waals surface area (Å²) in [4.78, 5) is 4.38. The van der Waals surface area contributed by atoms with Gasteiger partial charge in [-0.3, -0.25) is 5.43 Å². The Bertz CT molecular complexity index is 957.